The van der Waals surface area contributed by atoms with Gasteiger partial charge in [0, 0.05) is 18.2 Å². The molecule has 0 saturated carbocycles. The van der Waals surface area contributed by atoms with Crippen LogP contribution < -0.4 is 0 Å². The molecule has 2 rings (SSSR count). The third-order valence-electron chi connectivity index (χ3n) is 3.32. The molecule has 4 heteroatoms. The van der Waals surface area contributed by atoms with Gasteiger partial charge in [-0.1, -0.05) is 18.2 Å². The maximum Gasteiger partial charge on any atom is 0.305 e. The van der Waals surface area contributed by atoms with E-state index in [1.165, 1.54) is 0 Å². The van der Waals surface area contributed by atoms with Gasteiger partial charge in [0.2, 0.25) is 0 Å². The molecular formula is C14H17NO3. The molecule has 96 valence electrons. The zero-order valence-electron chi connectivity index (χ0n) is 10.2. The van der Waals surface area contributed by atoms with Crippen molar-refractivity contribution in [1.82, 2.24) is 4.90 Å². The van der Waals surface area contributed by atoms with Gasteiger partial charge in [-0.15, -0.1) is 0 Å². The fraction of sp³-hybridized carbons (Fsp3) is 0.429. The lowest BCUT2D eigenvalue weighted by atomic mass is 9.98. The van der Waals surface area contributed by atoms with E-state index in [0.717, 1.165) is 19.3 Å². The van der Waals surface area contributed by atoms with Gasteiger partial charge in [0.05, 0.1) is 6.42 Å². The normalized spacial score (nSPS) is 19.6. The number of rotatable bonds is 3. The van der Waals surface area contributed by atoms with Crippen molar-refractivity contribution in [2.24, 2.45) is 0 Å². The molecule has 1 atom stereocenters. The maximum atomic E-state index is 12.3. The Kier molecular flexibility index (Phi) is 3.97. The van der Waals surface area contributed by atoms with E-state index < -0.39 is 5.97 Å². The molecule has 1 saturated heterocycles. The molecule has 0 radical (unpaired) electrons. The van der Waals surface area contributed by atoms with Crippen LogP contribution in [0.15, 0.2) is 30.3 Å². The third-order valence-corrected chi connectivity index (χ3v) is 3.32. The molecule has 0 spiro atoms. The number of hydrogen-bond donors (Lipinski definition) is 1. The van der Waals surface area contributed by atoms with Gasteiger partial charge < -0.3 is 10.0 Å². The molecule has 1 aliphatic heterocycles. The van der Waals surface area contributed by atoms with E-state index >= 15 is 0 Å². The summed E-state index contributed by atoms with van der Waals surface area (Å²) >= 11 is 0. The zero-order valence-corrected chi connectivity index (χ0v) is 10.2. The van der Waals surface area contributed by atoms with Crippen LogP contribution in [0, 0.1) is 0 Å². The number of benzene rings is 1. The highest BCUT2D eigenvalue weighted by Crippen LogP contribution is 2.21. The number of likely N-dealkylation sites (tertiary alicyclic amines) is 1. The van der Waals surface area contributed by atoms with E-state index in [4.69, 9.17) is 5.11 Å². The lowest BCUT2D eigenvalue weighted by Crippen LogP contribution is -2.44. The highest BCUT2D eigenvalue weighted by molar-refractivity contribution is 5.94. The van der Waals surface area contributed by atoms with E-state index in [1.54, 1.807) is 17.0 Å². The standard InChI is InChI=1S/C14H17NO3/c16-13(17)10-12-8-4-5-9-15(12)14(18)11-6-2-1-3-7-11/h1-3,6-7,12H,4-5,8-10H2,(H,16,17). The van der Waals surface area contributed by atoms with Crippen LogP contribution in [-0.4, -0.2) is 34.5 Å². The Morgan fingerprint density at radius 3 is 2.61 bits per heavy atom. The summed E-state index contributed by atoms with van der Waals surface area (Å²) < 4.78 is 0. The molecule has 1 aromatic rings. The van der Waals surface area contributed by atoms with Crippen molar-refractivity contribution < 1.29 is 14.7 Å². The lowest BCUT2D eigenvalue weighted by Gasteiger charge is -2.35. The Bertz CT molecular complexity index is 430. The van der Waals surface area contributed by atoms with Crippen LogP contribution in [0.25, 0.3) is 0 Å². The number of carboxylic acids is 1. The van der Waals surface area contributed by atoms with Crippen molar-refractivity contribution in [3.63, 3.8) is 0 Å². The predicted octanol–water partition coefficient (Wildman–Crippen LogP) is 2.16. The van der Waals surface area contributed by atoms with Gasteiger partial charge in [-0.2, -0.15) is 0 Å². The van der Waals surface area contributed by atoms with Crippen molar-refractivity contribution >= 4 is 11.9 Å². The van der Waals surface area contributed by atoms with E-state index in [1.807, 2.05) is 18.2 Å². The molecular weight excluding hydrogens is 230 g/mol. The zero-order chi connectivity index (χ0) is 13.0. The van der Waals surface area contributed by atoms with Crippen LogP contribution in [-0.2, 0) is 4.79 Å². The molecule has 1 aliphatic rings. The third kappa shape index (κ3) is 2.88. The fourth-order valence-corrected chi connectivity index (χ4v) is 2.43. The Hall–Kier alpha value is -1.84. The number of amides is 1. The number of hydrogen-bond acceptors (Lipinski definition) is 2. The summed E-state index contributed by atoms with van der Waals surface area (Å²) in [6.07, 6.45) is 2.77. The fourth-order valence-electron chi connectivity index (χ4n) is 2.43. The summed E-state index contributed by atoms with van der Waals surface area (Å²) in [5, 5.41) is 8.90. The number of carbonyl (C=O) groups is 2. The van der Waals surface area contributed by atoms with Gasteiger partial charge in [0.25, 0.3) is 5.91 Å². The smallest absolute Gasteiger partial charge is 0.305 e. The Labute approximate surface area is 106 Å². The lowest BCUT2D eigenvalue weighted by molar-refractivity contribution is -0.138. The topological polar surface area (TPSA) is 57.6 Å². The van der Waals surface area contributed by atoms with E-state index in [0.29, 0.717) is 12.1 Å². The van der Waals surface area contributed by atoms with Crippen LogP contribution in [0.2, 0.25) is 0 Å². The number of nitrogens with zero attached hydrogens (tertiary/aromatic N) is 1. The predicted molar refractivity (Wildman–Crippen MR) is 67.4 cm³/mol. The quantitative estimate of drug-likeness (QED) is 0.890. The maximum absolute atomic E-state index is 12.3. The molecule has 1 aromatic carbocycles. The van der Waals surface area contributed by atoms with Crippen molar-refractivity contribution in [3.05, 3.63) is 35.9 Å². The average molecular weight is 247 g/mol. The van der Waals surface area contributed by atoms with Crippen molar-refractivity contribution in [2.75, 3.05) is 6.54 Å². The molecule has 1 N–H and O–H groups in total. The summed E-state index contributed by atoms with van der Waals surface area (Å²) in [6.45, 7) is 0.658. The van der Waals surface area contributed by atoms with Crippen LogP contribution in [0.3, 0.4) is 0 Å². The van der Waals surface area contributed by atoms with Crippen molar-refractivity contribution in [2.45, 2.75) is 31.7 Å². The van der Waals surface area contributed by atoms with E-state index in [9.17, 15) is 9.59 Å². The highest BCUT2D eigenvalue weighted by atomic mass is 16.4. The minimum atomic E-state index is -0.840. The first-order valence-electron chi connectivity index (χ1n) is 6.26. The monoisotopic (exact) mass is 247 g/mol. The van der Waals surface area contributed by atoms with Gasteiger partial charge in [-0.25, -0.2) is 0 Å². The van der Waals surface area contributed by atoms with Crippen LogP contribution in [0.5, 0.6) is 0 Å². The van der Waals surface area contributed by atoms with Crippen molar-refractivity contribution in [3.8, 4) is 0 Å². The Morgan fingerprint density at radius 1 is 1.22 bits per heavy atom. The number of piperidine rings is 1. The van der Waals surface area contributed by atoms with E-state index in [-0.39, 0.29) is 18.4 Å². The minimum absolute atomic E-state index is 0.0403. The highest BCUT2D eigenvalue weighted by Gasteiger charge is 2.28. The van der Waals surface area contributed by atoms with Crippen LogP contribution in [0.1, 0.15) is 36.0 Å². The number of carboxylic acid groups (broad SMARTS) is 1. The second-order valence-corrected chi connectivity index (χ2v) is 4.61. The van der Waals surface area contributed by atoms with Gasteiger partial charge in [0.1, 0.15) is 0 Å². The summed E-state index contributed by atoms with van der Waals surface area (Å²) in [7, 11) is 0. The number of aliphatic carboxylic acids is 1. The summed E-state index contributed by atoms with van der Waals surface area (Å²) in [4.78, 5) is 24.9. The number of carbonyl (C=O) groups excluding carboxylic acids is 1. The van der Waals surface area contributed by atoms with Crippen LogP contribution >= 0.6 is 0 Å². The molecule has 4 nitrogen and oxygen atoms in total. The first-order chi connectivity index (χ1) is 8.68. The average Bonchev–Trinajstić information content (AvgIpc) is 2.39. The summed E-state index contributed by atoms with van der Waals surface area (Å²) in [5.41, 5.74) is 0.634. The molecule has 0 aliphatic carbocycles. The largest absolute Gasteiger partial charge is 0.481 e. The molecule has 18 heavy (non-hydrogen) atoms. The van der Waals surface area contributed by atoms with Gasteiger partial charge in [0.15, 0.2) is 0 Å². The molecule has 1 heterocycles. The molecule has 0 bridgehead atoms. The van der Waals surface area contributed by atoms with Gasteiger partial charge in [-0.05, 0) is 31.4 Å². The van der Waals surface area contributed by atoms with Gasteiger partial charge in [-0.3, -0.25) is 9.59 Å². The Balaban J connectivity index is 2.13. The molecule has 0 aromatic heterocycles. The second kappa shape index (κ2) is 5.67. The summed E-state index contributed by atoms with van der Waals surface area (Å²) in [6, 6.07) is 8.89. The summed E-state index contributed by atoms with van der Waals surface area (Å²) in [5.74, 6) is -0.894. The molecule has 1 unspecified atom stereocenters. The minimum Gasteiger partial charge on any atom is -0.481 e. The first kappa shape index (κ1) is 12.6. The first-order valence-corrected chi connectivity index (χ1v) is 6.26. The molecule has 1 fully saturated rings. The van der Waals surface area contributed by atoms with Gasteiger partial charge >= 0.3 is 5.97 Å². The molecule has 1 amide bonds. The van der Waals surface area contributed by atoms with Crippen LogP contribution in [0.4, 0.5) is 0 Å². The van der Waals surface area contributed by atoms with Crippen molar-refractivity contribution in [1.29, 1.82) is 0 Å². The van der Waals surface area contributed by atoms with E-state index in [2.05, 4.69) is 0 Å². The second-order valence-electron chi connectivity index (χ2n) is 4.61. The Morgan fingerprint density at radius 2 is 1.94 bits per heavy atom. The SMILES string of the molecule is O=C(O)CC1CCCCN1C(=O)c1ccccc1.